The summed E-state index contributed by atoms with van der Waals surface area (Å²) < 4.78 is 12.6. The highest BCUT2D eigenvalue weighted by Gasteiger charge is 2.23. The Kier molecular flexibility index (Phi) is 5.69. The van der Waals surface area contributed by atoms with Crippen LogP contribution in [0.3, 0.4) is 0 Å². The van der Waals surface area contributed by atoms with E-state index in [4.69, 9.17) is 9.47 Å². The summed E-state index contributed by atoms with van der Waals surface area (Å²) >= 11 is 3.63. The van der Waals surface area contributed by atoms with E-state index in [2.05, 4.69) is 62.1 Å². The van der Waals surface area contributed by atoms with E-state index in [0.29, 0.717) is 13.2 Å². The zero-order valence-electron chi connectivity index (χ0n) is 16.9. The fourth-order valence-corrected chi connectivity index (χ4v) is 5.39. The molecule has 0 bridgehead atoms. The van der Waals surface area contributed by atoms with Crippen LogP contribution in [0.4, 0.5) is 5.69 Å². The van der Waals surface area contributed by atoms with E-state index in [-0.39, 0.29) is 0 Å². The summed E-state index contributed by atoms with van der Waals surface area (Å²) in [5.74, 6) is 2.49. The summed E-state index contributed by atoms with van der Waals surface area (Å²) in [6.07, 6.45) is 5.18. The summed E-state index contributed by atoms with van der Waals surface area (Å²) in [5.41, 5.74) is 4.40. The maximum Gasteiger partial charge on any atom is 0.163 e. The first-order chi connectivity index (χ1) is 14.3. The topological polar surface area (TPSA) is 24.9 Å². The van der Waals surface area contributed by atoms with Crippen molar-refractivity contribution in [1.29, 1.82) is 0 Å². The van der Waals surface area contributed by atoms with Crippen molar-refractivity contribution in [2.75, 3.05) is 50.8 Å². The van der Waals surface area contributed by atoms with E-state index in [9.17, 15) is 0 Å². The molecule has 154 valence electrons. The second kappa shape index (κ2) is 8.57. The van der Waals surface area contributed by atoms with Gasteiger partial charge in [0.05, 0.1) is 0 Å². The van der Waals surface area contributed by atoms with E-state index in [1.54, 1.807) is 11.1 Å². The van der Waals surface area contributed by atoms with E-state index >= 15 is 0 Å². The number of anilines is 1. The highest BCUT2D eigenvalue weighted by atomic mass is 79.9. The number of rotatable bonds is 4. The van der Waals surface area contributed by atoms with Gasteiger partial charge in [-0.15, -0.1) is 0 Å². The Hall–Kier alpha value is -1.72. The molecule has 1 atom stereocenters. The van der Waals surface area contributed by atoms with Crippen LogP contribution in [0.15, 0.2) is 40.9 Å². The minimum Gasteiger partial charge on any atom is -0.486 e. The molecule has 2 heterocycles. The van der Waals surface area contributed by atoms with E-state index in [1.807, 2.05) is 0 Å². The predicted octanol–water partition coefficient (Wildman–Crippen LogP) is 4.85. The van der Waals surface area contributed by atoms with Gasteiger partial charge in [-0.05, 0) is 73.5 Å². The van der Waals surface area contributed by atoms with Crippen LogP contribution in [-0.4, -0.2) is 50.8 Å². The summed E-state index contributed by atoms with van der Waals surface area (Å²) in [6, 6.07) is 13.2. The third-order valence-electron chi connectivity index (χ3n) is 6.60. The Morgan fingerprint density at radius 1 is 0.931 bits per heavy atom. The zero-order valence-corrected chi connectivity index (χ0v) is 18.5. The minimum absolute atomic E-state index is 0.644. The van der Waals surface area contributed by atoms with Gasteiger partial charge in [0.2, 0.25) is 0 Å². The molecule has 2 aliphatic heterocycles. The van der Waals surface area contributed by atoms with Crippen LogP contribution in [0.1, 0.15) is 36.3 Å². The van der Waals surface area contributed by atoms with E-state index in [1.165, 1.54) is 42.4 Å². The molecule has 0 N–H and O–H groups in total. The van der Waals surface area contributed by atoms with Crippen LogP contribution < -0.4 is 14.4 Å². The number of piperazine rings is 1. The van der Waals surface area contributed by atoms with Crippen molar-refractivity contribution in [3.63, 3.8) is 0 Å². The number of hydrogen-bond acceptors (Lipinski definition) is 4. The summed E-state index contributed by atoms with van der Waals surface area (Å²) in [6.45, 7) is 6.92. The molecular weight excluding hydrogens is 428 g/mol. The van der Waals surface area contributed by atoms with Crippen molar-refractivity contribution in [1.82, 2.24) is 4.90 Å². The molecule has 0 aromatic heterocycles. The maximum absolute atomic E-state index is 5.75. The smallest absolute Gasteiger partial charge is 0.163 e. The van der Waals surface area contributed by atoms with Gasteiger partial charge in [-0.2, -0.15) is 0 Å². The number of aryl methyl sites for hydroxylation is 1. The van der Waals surface area contributed by atoms with E-state index in [0.717, 1.165) is 43.6 Å². The molecule has 2 aromatic carbocycles. The quantitative estimate of drug-likeness (QED) is 0.655. The van der Waals surface area contributed by atoms with Gasteiger partial charge in [-0.1, -0.05) is 22.0 Å². The first-order valence-electron chi connectivity index (χ1n) is 10.9. The summed E-state index contributed by atoms with van der Waals surface area (Å²) in [4.78, 5) is 5.11. The third kappa shape index (κ3) is 4.26. The van der Waals surface area contributed by atoms with Gasteiger partial charge >= 0.3 is 0 Å². The van der Waals surface area contributed by atoms with Crippen molar-refractivity contribution in [3.05, 3.63) is 52.0 Å². The standard InChI is InChI=1S/C24H29BrN2O2/c25-20-4-6-22-18(2-1-3-19(22)16-20)8-9-26-10-12-27(13-11-26)21-5-7-23-24(17-21)29-15-14-28-23/h4-7,16-18H,1-3,8-15H2. The van der Waals surface area contributed by atoms with Crippen molar-refractivity contribution in [3.8, 4) is 11.5 Å². The van der Waals surface area contributed by atoms with Gasteiger partial charge in [0.1, 0.15) is 13.2 Å². The lowest BCUT2D eigenvalue weighted by Gasteiger charge is -2.37. The fourth-order valence-electron chi connectivity index (χ4n) is 4.98. The van der Waals surface area contributed by atoms with Crippen LogP contribution in [0.5, 0.6) is 11.5 Å². The van der Waals surface area contributed by atoms with E-state index < -0.39 is 0 Å². The highest BCUT2D eigenvalue weighted by Crippen LogP contribution is 2.36. The molecule has 3 aliphatic rings. The molecule has 5 rings (SSSR count). The largest absolute Gasteiger partial charge is 0.486 e. The Bertz CT molecular complexity index is 864. The summed E-state index contributed by atoms with van der Waals surface area (Å²) in [5, 5.41) is 0. The molecule has 0 saturated carbocycles. The number of ether oxygens (including phenoxy) is 2. The van der Waals surface area contributed by atoms with Crippen molar-refractivity contribution >= 4 is 21.6 Å². The SMILES string of the molecule is Brc1ccc2c(c1)CCCC2CCN1CCN(c2ccc3c(c2)OCCO3)CC1. The normalized spacial score (nSPS) is 21.7. The second-order valence-electron chi connectivity index (χ2n) is 8.38. The average molecular weight is 457 g/mol. The Balaban J connectivity index is 1.15. The Labute approximate surface area is 181 Å². The molecule has 29 heavy (non-hydrogen) atoms. The van der Waals surface area contributed by atoms with Gasteiger partial charge in [0.25, 0.3) is 0 Å². The van der Waals surface area contributed by atoms with Gasteiger partial charge in [-0.3, -0.25) is 4.90 Å². The van der Waals surface area contributed by atoms with Crippen LogP contribution in [0.2, 0.25) is 0 Å². The number of hydrogen-bond donors (Lipinski definition) is 0. The molecule has 4 nitrogen and oxygen atoms in total. The van der Waals surface area contributed by atoms with Crippen molar-refractivity contribution in [2.45, 2.75) is 31.6 Å². The van der Waals surface area contributed by atoms with Crippen molar-refractivity contribution in [2.24, 2.45) is 0 Å². The molecule has 1 aliphatic carbocycles. The molecule has 2 aromatic rings. The van der Waals surface area contributed by atoms with Crippen LogP contribution in [-0.2, 0) is 6.42 Å². The van der Waals surface area contributed by atoms with Gasteiger partial charge in [0, 0.05) is 42.4 Å². The van der Waals surface area contributed by atoms with Gasteiger partial charge in [0.15, 0.2) is 11.5 Å². The molecule has 1 saturated heterocycles. The van der Waals surface area contributed by atoms with Gasteiger partial charge < -0.3 is 14.4 Å². The average Bonchev–Trinajstić information content (AvgIpc) is 2.77. The first-order valence-corrected chi connectivity index (χ1v) is 11.7. The third-order valence-corrected chi connectivity index (χ3v) is 7.09. The fraction of sp³-hybridized carbons (Fsp3) is 0.500. The zero-order chi connectivity index (χ0) is 19.6. The Morgan fingerprint density at radius 2 is 1.76 bits per heavy atom. The minimum atomic E-state index is 0.644. The molecule has 5 heteroatoms. The molecule has 0 spiro atoms. The lowest BCUT2D eigenvalue weighted by atomic mass is 9.81. The number of fused-ring (bicyclic) bond motifs is 2. The molecule has 1 fully saturated rings. The van der Waals surface area contributed by atoms with Crippen molar-refractivity contribution < 1.29 is 9.47 Å². The lowest BCUT2D eigenvalue weighted by molar-refractivity contribution is 0.171. The molecule has 1 unspecified atom stereocenters. The maximum atomic E-state index is 5.75. The number of halogens is 1. The predicted molar refractivity (Wildman–Crippen MR) is 121 cm³/mol. The second-order valence-corrected chi connectivity index (χ2v) is 9.29. The molecule has 0 amide bonds. The molecular formula is C24H29BrN2O2. The van der Waals surface area contributed by atoms with Crippen LogP contribution >= 0.6 is 15.9 Å². The highest BCUT2D eigenvalue weighted by molar-refractivity contribution is 9.10. The lowest BCUT2D eigenvalue weighted by Crippen LogP contribution is -2.46. The molecule has 0 radical (unpaired) electrons. The van der Waals surface area contributed by atoms with Crippen LogP contribution in [0.25, 0.3) is 0 Å². The van der Waals surface area contributed by atoms with Gasteiger partial charge in [-0.25, -0.2) is 0 Å². The first kappa shape index (κ1) is 19.3. The summed E-state index contributed by atoms with van der Waals surface area (Å²) in [7, 11) is 0. The Morgan fingerprint density at radius 3 is 2.62 bits per heavy atom. The van der Waals surface area contributed by atoms with Crippen LogP contribution in [0, 0.1) is 0 Å². The monoisotopic (exact) mass is 456 g/mol. The number of benzene rings is 2. The number of nitrogens with zero attached hydrogens (tertiary/aromatic N) is 2.